The lowest BCUT2D eigenvalue weighted by molar-refractivity contribution is -0.134. The van der Waals surface area contributed by atoms with Crippen molar-refractivity contribution in [1.29, 1.82) is 0 Å². The van der Waals surface area contributed by atoms with Gasteiger partial charge < -0.3 is 10.2 Å². The van der Waals surface area contributed by atoms with Gasteiger partial charge in [0.15, 0.2) is 0 Å². The van der Waals surface area contributed by atoms with E-state index in [2.05, 4.69) is 50.4 Å². The summed E-state index contributed by atoms with van der Waals surface area (Å²) in [6.45, 7) is 2.52. The maximum Gasteiger partial charge on any atom is 0.226 e. The Kier molecular flexibility index (Phi) is 5.06. The molecule has 4 rings (SSSR count). The van der Waals surface area contributed by atoms with Crippen LogP contribution in [-0.4, -0.2) is 40.4 Å². The normalized spacial score (nSPS) is 22.1. The SMILES string of the molecule is C#Cc1cnc(NCC2CCN(C(=O)[C@@H]3C[C@H]3c3ccccc3)CC2)nc1. The van der Waals surface area contributed by atoms with Crippen molar-refractivity contribution in [2.75, 3.05) is 25.0 Å². The molecule has 1 aromatic heterocycles. The largest absolute Gasteiger partial charge is 0.354 e. The Morgan fingerprint density at radius 1 is 1.19 bits per heavy atom. The minimum absolute atomic E-state index is 0.185. The quantitative estimate of drug-likeness (QED) is 0.833. The fourth-order valence-electron chi connectivity index (χ4n) is 3.86. The minimum atomic E-state index is 0.185. The molecule has 27 heavy (non-hydrogen) atoms. The lowest BCUT2D eigenvalue weighted by atomic mass is 9.96. The molecule has 1 aromatic carbocycles. The zero-order valence-corrected chi connectivity index (χ0v) is 15.3. The Morgan fingerprint density at radius 3 is 2.56 bits per heavy atom. The third-order valence-corrected chi connectivity index (χ3v) is 5.63. The number of rotatable bonds is 5. The molecule has 2 aromatic rings. The third kappa shape index (κ3) is 4.11. The van der Waals surface area contributed by atoms with Gasteiger partial charge in [-0.3, -0.25) is 4.79 Å². The van der Waals surface area contributed by atoms with Gasteiger partial charge in [-0.1, -0.05) is 36.3 Å². The van der Waals surface area contributed by atoms with E-state index in [1.807, 2.05) is 6.07 Å². The molecule has 1 amide bonds. The molecule has 2 aliphatic rings. The molecule has 1 N–H and O–H groups in total. The summed E-state index contributed by atoms with van der Waals surface area (Å²) < 4.78 is 0. The van der Waals surface area contributed by atoms with Crippen LogP contribution in [0.2, 0.25) is 0 Å². The fraction of sp³-hybridized carbons (Fsp3) is 0.409. The first-order valence-electron chi connectivity index (χ1n) is 9.61. The number of likely N-dealkylation sites (tertiary alicyclic amines) is 1. The summed E-state index contributed by atoms with van der Waals surface area (Å²) in [5, 5.41) is 3.28. The first kappa shape index (κ1) is 17.5. The third-order valence-electron chi connectivity index (χ3n) is 5.63. The first-order valence-corrected chi connectivity index (χ1v) is 9.61. The van der Waals surface area contributed by atoms with Gasteiger partial charge in [0, 0.05) is 37.9 Å². The Morgan fingerprint density at radius 2 is 1.89 bits per heavy atom. The van der Waals surface area contributed by atoms with Gasteiger partial charge in [-0.05, 0) is 36.7 Å². The highest BCUT2D eigenvalue weighted by Crippen LogP contribution is 2.48. The molecule has 0 unspecified atom stereocenters. The van der Waals surface area contributed by atoms with E-state index < -0.39 is 0 Å². The maximum atomic E-state index is 12.8. The van der Waals surface area contributed by atoms with E-state index in [4.69, 9.17) is 6.42 Å². The number of benzene rings is 1. The molecule has 0 radical (unpaired) electrons. The number of carbonyl (C=O) groups excluding carboxylic acids is 1. The summed E-state index contributed by atoms with van der Waals surface area (Å²) in [6.07, 6.45) is 11.6. The van der Waals surface area contributed by atoms with Crippen LogP contribution in [0.1, 0.15) is 36.3 Å². The van der Waals surface area contributed by atoms with Crippen molar-refractivity contribution in [1.82, 2.24) is 14.9 Å². The number of hydrogen-bond acceptors (Lipinski definition) is 4. The van der Waals surface area contributed by atoms with Crippen LogP contribution in [0.3, 0.4) is 0 Å². The van der Waals surface area contributed by atoms with Gasteiger partial charge in [-0.25, -0.2) is 9.97 Å². The molecule has 2 heterocycles. The van der Waals surface area contributed by atoms with Gasteiger partial charge in [0.2, 0.25) is 11.9 Å². The van der Waals surface area contributed by atoms with Gasteiger partial charge in [-0.2, -0.15) is 0 Å². The molecule has 1 saturated heterocycles. The second-order valence-corrected chi connectivity index (χ2v) is 7.45. The molecule has 1 saturated carbocycles. The van der Waals surface area contributed by atoms with E-state index in [9.17, 15) is 4.79 Å². The van der Waals surface area contributed by atoms with Gasteiger partial charge in [0.05, 0.1) is 5.56 Å². The summed E-state index contributed by atoms with van der Waals surface area (Å²) in [6, 6.07) is 10.4. The van der Waals surface area contributed by atoms with Crippen LogP contribution in [0, 0.1) is 24.2 Å². The molecule has 1 aliphatic carbocycles. The predicted octanol–water partition coefficient (Wildman–Crippen LogP) is 2.91. The average Bonchev–Trinajstić information content (AvgIpc) is 3.54. The molecule has 5 nitrogen and oxygen atoms in total. The molecule has 138 valence electrons. The van der Waals surface area contributed by atoms with E-state index in [0.29, 0.717) is 29.3 Å². The molecule has 5 heteroatoms. The van der Waals surface area contributed by atoms with Crippen molar-refractivity contribution in [2.45, 2.75) is 25.2 Å². The van der Waals surface area contributed by atoms with Gasteiger partial charge >= 0.3 is 0 Å². The van der Waals surface area contributed by atoms with Gasteiger partial charge in [-0.15, -0.1) is 6.42 Å². The highest BCUT2D eigenvalue weighted by Gasteiger charge is 2.45. The number of hydrogen-bond donors (Lipinski definition) is 1. The second kappa shape index (κ2) is 7.79. The van der Waals surface area contributed by atoms with E-state index >= 15 is 0 Å². The van der Waals surface area contributed by atoms with E-state index in [1.165, 1.54) is 5.56 Å². The van der Waals surface area contributed by atoms with Crippen LogP contribution in [0.25, 0.3) is 0 Å². The van der Waals surface area contributed by atoms with Crippen LogP contribution < -0.4 is 5.32 Å². The van der Waals surface area contributed by atoms with Crippen molar-refractivity contribution in [3.05, 3.63) is 53.9 Å². The minimum Gasteiger partial charge on any atom is -0.354 e. The second-order valence-electron chi connectivity index (χ2n) is 7.45. The van der Waals surface area contributed by atoms with Crippen LogP contribution in [0.4, 0.5) is 5.95 Å². The Balaban J connectivity index is 1.22. The summed E-state index contributed by atoms with van der Waals surface area (Å²) in [5.74, 6) is 4.60. The molecular formula is C22H24N4O. The highest BCUT2D eigenvalue weighted by molar-refractivity contribution is 5.83. The molecule has 0 bridgehead atoms. The summed E-state index contributed by atoms with van der Waals surface area (Å²) in [4.78, 5) is 23.3. The molecular weight excluding hydrogens is 336 g/mol. The standard InChI is InChI=1S/C22H24N4O/c1-2-16-13-23-22(24-14-16)25-15-17-8-10-26(11-9-17)21(27)20-12-19(20)18-6-4-3-5-7-18/h1,3-7,13-14,17,19-20H,8-12,15H2,(H,23,24,25)/t19-,20+/m0/s1. The number of anilines is 1. The maximum absolute atomic E-state index is 12.8. The number of aromatic nitrogens is 2. The number of amides is 1. The van der Waals surface area contributed by atoms with Crippen LogP contribution in [-0.2, 0) is 4.79 Å². The summed E-state index contributed by atoms with van der Waals surface area (Å²) >= 11 is 0. The van der Waals surface area contributed by atoms with Gasteiger partial charge in [0.25, 0.3) is 0 Å². The Bertz CT molecular complexity index is 820. The zero-order chi connectivity index (χ0) is 18.6. The number of piperidine rings is 1. The van der Waals surface area contributed by atoms with E-state index in [1.54, 1.807) is 12.4 Å². The number of nitrogens with zero attached hydrogens (tertiary/aromatic N) is 3. The summed E-state index contributed by atoms with van der Waals surface area (Å²) in [7, 11) is 0. The molecule has 2 atom stereocenters. The predicted molar refractivity (Wildman–Crippen MR) is 105 cm³/mol. The molecule has 1 aliphatic heterocycles. The fourth-order valence-corrected chi connectivity index (χ4v) is 3.86. The van der Waals surface area contributed by atoms with E-state index in [0.717, 1.165) is 38.9 Å². The van der Waals surface area contributed by atoms with Crippen molar-refractivity contribution in [3.8, 4) is 12.3 Å². The lowest BCUT2D eigenvalue weighted by Gasteiger charge is -2.32. The number of carbonyl (C=O) groups is 1. The highest BCUT2D eigenvalue weighted by atomic mass is 16.2. The Labute approximate surface area is 160 Å². The van der Waals surface area contributed by atoms with E-state index in [-0.39, 0.29) is 5.92 Å². The van der Waals surface area contributed by atoms with Crippen molar-refractivity contribution in [3.63, 3.8) is 0 Å². The molecule has 0 spiro atoms. The van der Waals surface area contributed by atoms with Crippen LogP contribution in [0.15, 0.2) is 42.7 Å². The smallest absolute Gasteiger partial charge is 0.226 e. The van der Waals surface area contributed by atoms with Crippen molar-refractivity contribution in [2.24, 2.45) is 11.8 Å². The Hall–Kier alpha value is -2.87. The van der Waals surface area contributed by atoms with Crippen molar-refractivity contribution < 1.29 is 4.79 Å². The molecule has 2 fully saturated rings. The monoisotopic (exact) mass is 360 g/mol. The number of nitrogens with one attached hydrogen (secondary N) is 1. The topological polar surface area (TPSA) is 58.1 Å². The van der Waals surface area contributed by atoms with Gasteiger partial charge in [0.1, 0.15) is 0 Å². The summed E-state index contributed by atoms with van der Waals surface area (Å²) in [5.41, 5.74) is 1.98. The lowest BCUT2D eigenvalue weighted by Crippen LogP contribution is -2.40. The van der Waals surface area contributed by atoms with Crippen LogP contribution in [0.5, 0.6) is 0 Å². The number of terminal acetylenes is 1. The van der Waals surface area contributed by atoms with Crippen molar-refractivity contribution >= 4 is 11.9 Å². The first-order chi connectivity index (χ1) is 13.2. The van der Waals surface area contributed by atoms with Crippen LogP contribution >= 0.6 is 0 Å². The zero-order valence-electron chi connectivity index (χ0n) is 15.3. The average molecular weight is 360 g/mol.